The van der Waals surface area contributed by atoms with Crippen molar-refractivity contribution in [3.8, 4) is 0 Å². The third-order valence-corrected chi connectivity index (χ3v) is 5.51. The molecule has 3 aromatic rings. The van der Waals surface area contributed by atoms with Crippen LogP contribution in [0.3, 0.4) is 0 Å². The molecule has 2 atom stereocenters. The molecule has 1 saturated heterocycles. The molecular weight excluding hydrogens is 380 g/mol. The Bertz CT molecular complexity index is 935. The summed E-state index contributed by atoms with van der Waals surface area (Å²) >= 11 is 0. The van der Waals surface area contributed by atoms with Gasteiger partial charge in [0.2, 0.25) is 5.79 Å². The minimum Gasteiger partial charge on any atom is -0.466 e. The van der Waals surface area contributed by atoms with Crippen LogP contribution in [0, 0.1) is 5.92 Å². The molecule has 0 aliphatic carbocycles. The fourth-order valence-electron chi connectivity index (χ4n) is 3.98. The molecule has 0 radical (unpaired) electrons. The van der Waals surface area contributed by atoms with Gasteiger partial charge in [0.1, 0.15) is 5.92 Å². The van der Waals surface area contributed by atoms with Crippen LogP contribution in [0.2, 0.25) is 0 Å². The molecule has 30 heavy (non-hydrogen) atoms. The standard InChI is InChI=1S/C25H24O5/c1-2-28-23(26)22-18-24(19-12-6-3-7-13-19,20-14-8-4-9-15-20)29-30-25(22,27)21-16-10-5-11-17-21/h3-17,22,27H,2,18H2,1H3. The molecule has 0 amide bonds. The summed E-state index contributed by atoms with van der Waals surface area (Å²) in [6.45, 7) is 1.94. The summed E-state index contributed by atoms with van der Waals surface area (Å²) < 4.78 is 5.33. The van der Waals surface area contributed by atoms with Crippen LogP contribution in [0.25, 0.3) is 0 Å². The van der Waals surface area contributed by atoms with Crippen LogP contribution in [-0.4, -0.2) is 17.7 Å². The molecule has 4 rings (SSSR count). The molecule has 0 saturated carbocycles. The van der Waals surface area contributed by atoms with E-state index in [9.17, 15) is 9.90 Å². The number of aliphatic hydroxyl groups is 1. The quantitative estimate of drug-likeness (QED) is 0.507. The van der Waals surface area contributed by atoms with E-state index in [1.165, 1.54) is 0 Å². The molecule has 5 nitrogen and oxygen atoms in total. The largest absolute Gasteiger partial charge is 0.466 e. The number of hydrogen-bond acceptors (Lipinski definition) is 5. The molecule has 1 fully saturated rings. The fourth-order valence-corrected chi connectivity index (χ4v) is 3.98. The average molecular weight is 404 g/mol. The lowest BCUT2D eigenvalue weighted by molar-refractivity contribution is -0.502. The predicted molar refractivity (Wildman–Crippen MR) is 111 cm³/mol. The minimum atomic E-state index is -1.97. The van der Waals surface area contributed by atoms with Crippen molar-refractivity contribution in [3.63, 3.8) is 0 Å². The summed E-state index contributed by atoms with van der Waals surface area (Å²) in [5.41, 5.74) is 0.986. The average Bonchev–Trinajstić information content (AvgIpc) is 2.81. The first kappa shape index (κ1) is 20.3. The highest BCUT2D eigenvalue weighted by Gasteiger charge is 2.57. The van der Waals surface area contributed by atoms with E-state index < -0.39 is 23.3 Å². The zero-order valence-corrected chi connectivity index (χ0v) is 16.7. The zero-order chi connectivity index (χ0) is 21.0. The van der Waals surface area contributed by atoms with Crippen molar-refractivity contribution in [2.75, 3.05) is 6.61 Å². The second-order valence-corrected chi connectivity index (χ2v) is 7.30. The highest BCUT2D eigenvalue weighted by molar-refractivity contribution is 5.74. The Kier molecular flexibility index (Phi) is 5.68. The van der Waals surface area contributed by atoms with Crippen LogP contribution in [0.5, 0.6) is 0 Å². The van der Waals surface area contributed by atoms with Gasteiger partial charge < -0.3 is 9.84 Å². The number of rotatable bonds is 5. The van der Waals surface area contributed by atoms with E-state index in [-0.39, 0.29) is 13.0 Å². The minimum absolute atomic E-state index is 0.144. The van der Waals surface area contributed by atoms with Crippen LogP contribution in [0.4, 0.5) is 0 Å². The lowest BCUT2D eigenvalue weighted by Crippen LogP contribution is -2.53. The second kappa shape index (κ2) is 8.40. The molecule has 1 N–H and O–H groups in total. The second-order valence-electron chi connectivity index (χ2n) is 7.30. The molecular formula is C25H24O5. The van der Waals surface area contributed by atoms with Crippen molar-refractivity contribution in [3.05, 3.63) is 108 Å². The molecule has 2 unspecified atom stereocenters. The number of hydrogen-bond donors (Lipinski definition) is 1. The summed E-state index contributed by atoms with van der Waals surface area (Å²) in [4.78, 5) is 24.7. The van der Waals surface area contributed by atoms with Gasteiger partial charge in [0, 0.05) is 12.0 Å². The third kappa shape index (κ3) is 3.52. The van der Waals surface area contributed by atoms with Crippen LogP contribution in [-0.2, 0) is 30.7 Å². The van der Waals surface area contributed by atoms with E-state index in [0.29, 0.717) is 5.56 Å². The van der Waals surface area contributed by atoms with Gasteiger partial charge in [-0.3, -0.25) is 4.79 Å². The smallest absolute Gasteiger partial charge is 0.315 e. The number of esters is 1. The Labute approximate surface area is 175 Å². The van der Waals surface area contributed by atoms with Gasteiger partial charge in [0.15, 0.2) is 5.60 Å². The number of carbonyl (C=O) groups excluding carboxylic acids is 1. The predicted octanol–water partition coefficient (Wildman–Crippen LogP) is 4.31. The Morgan fingerprint density at radius 3 is 1.80 bits per heavy atom. The lowest BCUT2D eigenvalue weighted by Gasteiger charge is -2.46. The lowest BCUT2D eigenvalue weighted by atomic mass is 9.74. The van der Waals surface area contributed by atoms with Gasteiger partial charge in [0.25, 0.3) is 0 Å². The van der Waals surface area contributed by atoms with E-state index >= 15 is 0 Å². The van der Waals surface area contributed by atoms with E-state index in [1.54, 1.807) is 31.2 Å². The first-order valence-electron chi connectivity index (χ1n) is 10.0. The summed E-state index contributed by atoms with van der Waals surface area (Å²) in [7, 11) is 0. The van der Waals surface area contributed by atoms with E-state index in [4.69, 9.17) is 14.5 Å². The highest BCUT2D eigenvalue weighted by Crippen LogP contribution is 2.50. The van der Waals surface area contributed by atoms with E-state index in [0.717, 1.165) is 11.1 Å². The van der Waals surface area contributed by atoms with Gasteiger partial charge in [-0.05, 0) is 18.1 Å². The summed E-state index contributed by atoms with van der Waals surface area (Å²) in [6, 6.07) is 27.9. The Morgan fingerprint density at radius 1 is 0.867 bits per heavy atom. The van der Waals surface area contributed by atoms with Gasteiger partial charge in [-0.2, -0.15) is 4.89 Å². The third-order valence-electron chi connectivity index (χ3n) is 5.51. The highest BCUT2D eigenvalue weighted by atomic mass is 17.2. The molecule has 0 bridgehead atoms. The Morgan fingerprint density at radius 2 is 1.33 bits per heavy atom. The van der Waals surface area contributed by atoms with Crippen LogP contribution in [0.15, 0.2) is 91.0 Å². The Hall–Kier alpha value is -2.99. The first-order valence-corrected chi connectivity index (χ1v) is 10.0. The zero-order valence-electron chi connectivity index (χ0n) is 16.7. The topological polar surface area (TPSA) is 65.0 Å². The number of benzene rings is 3. The van der Waals surface area contributed by atoms with E-state index in [2.05, 4.69) is 0 Å². The van der Waals surface area contributed by atoms with Gasteiger partial charge in [-0.25, -0.2) is 4.89 Å². The SMILES string of the molecule is CCOC(=O)C1CC(c2ccccc2)(c2ccccc2)OOC1(O)c1ccccc1. The van der Waals surface area contributed by atoms with Crippen LogP contribution < -0.4 is 0 Å². The maximum Gasteiger partial charge on any atom is 0.315 e. The molecule has 154 valence electrons. The van der Waals surface area contributed by atoms with Crippen LogP contribution >= 0.6 is 0 Å². The monoisotopic (exact) mass is 404 g/mol. The number of ether oxygens (including phenoxy) is 1. The molecule has 1 aliphatic heterocycles. The first-order chi connectivity index (χ1) is 14.6. The maximum absolute atomic E-state index is 13.0. The molecule has 5 heteroatoms. The molecule has 0 aromatic heterocycles. The van der Waals surface area contributed by atoms with Crippen molar-refractivity contribution in [2.45, 2.75) is 24.7 Å². The normalized spacial score (nSPS) is 22.9. The van der Waals surface area contributed by atoms with Crippen molar-refractivity contribution in [1.82, 2.24) is 0 Å². The van der Waals surface area contributed by atoms with Crippen molar-refractivity contribution >= 4 is 5.97 Å². The van der Waals surface area contributed by atoms with E-state index in [1.807, 2.05) is 66.7 Å². The summed E-state index contributed by atoms with van der Waals surface area (Å²) in [5, 5.41) is 11.5. The van der Waals surface area contributed by atoms with Crippen molar-refractivity contribution in [2.24, 2.45) is 5.92 Å². The van der Waals surface area contributed by atoms with Gasteiger partial charge >= 0.3 is 5.97 Å². The summed E-state index contributed by atoms with van der Waals surface area (Å²) in [5.74, 6) is -3.52. The van der Waals surface area contributed by atoms with Crippen molar-refractivity contribution in [1.29, 1.82) is 0 Å². The molecule has 3 aromatic carbocycles. The number of carbonyl (C=O) groups is 1. The molecule has 1 aliphatic rings. The van der Waals surface area contributed by atoms with Gasteiger partial charge in [0.05, 0.1) is 6.61 Å². The van der Waals surface area contributed by atoms with Crippen molar-refractivity contribution < 1.29 is 24.4 Å². The fraction of sp³-hybridized carbons (Fsp3) is 0.240. The molecule has 0 spiro atoms. The van der Waals surface area contributed by atoms with Gasteiger partial charge in [-0.1, -0.05) is 91.0 Å². The van der Waals surface area contributed by atoms with Crippen LogP contribution in [0.1, 0.15) is 30.0 Å². The Balaban J connectivity index is 1.84. The molecule has 1 heterocycles. The maximum atomic E-state index is 13.0. The summed E-state index contributed by atoms with van der Waals surface area (Å²) in [6.07, 6.45) is 0.144. The van der Waals surface area contributed by atoms with Gasteiger partial charge in [-0.15, -0.1) is 0 Å².